The van der Waals surface area contributed by atoms with Crippen molar-refractivity contribution in [2.75, 3.05) is 6.54 Å². The molecule has 1 rings (SSSR count). The zero-order valence-electron chi connectivity index (χ0n) is 9.52. The number of nitrogens with two attached hydrogens (primary N) is 1. The van der Waals surface area contributed by atoms with E-state index in [0.29, 0.717) is 6.54 Å². The van der Waals surface area contributed by atoms with Gasteiger partial charge in [0.1, 0.15) is 0 Å². The Morgan fingerprint density at radius 2 is 1.93 bits per heavy atom. The van der Waals surface area contributed by atoms with Gasteiger partial charge in [0.05, 0.1) is 5.41 Å². The van der Waals surface area contributed by atoms with Crippen LogP contribution in [-0.2, 0) is 4.79 Å². The van der Waals surface area contributed by atoms with Crippen molar-refractivity contribution >= 4 is 5.91 Å². The Labute approximate surface area is 86.4 Å². The molecule has 0 atom stereocenters. The van der Waals surface area contributed by atoms with E-state index < -0.39 is 5.41 Å². The Morgan fingerprint density at radius 1 is 1.43 bits per heavy atom. The standard InChI is InChI=1S/C11H22N2O/c1-10(2,8-12)9(14)13-11(3)6-4-5-7-11/h4-8,12H2,1-3H3,(H,13,14). The van der Waals surface area contributed by atoms with Crippen LogP contribution in [0.5, 0.6) is 0 Å². The summed E-state index contributed by atoms with van der Waals surface area (Å²) in [5.74, 6) is 0.0874. The first-order valence-corrected chi connectivity index (χ1v) is 5.42. The van der Waals surface area contributed by atoms with Crippen molar-refractivity contribution in [3.05, 3.63) is 0 Å². The second-order valence-corrected chi connectivity index (χ2v) is 5.31. The Morgan fingerprint density at radius 3 is 2.36 bits per heavy atom. The van der Waals surface area contributed by atoms with Gasteiger partial charge in [0, 0.05) is 12.1 Å². The molecule has 0 bridgehead atoms. The lowest BCUT2D eigenvalue weighted by atomic mass is 9.90. The molecule has 0 aromatic carbocycles. The van der Waals surface area contributed by atoms with E-state index in [0.717, 1.165) is 12.8 Å². The number of carbonyl (C=O) groups excluding carboxylic acids is 1. The van der Waals surface area contributed by atoms with Crippen LogP contribution >= 0.6 is 0 Å². The summed E-state index contributed by atoms with van der Waals surface area (Å²) in [6.07, 6.45) is 4.64. The molecule has 1 aliphatic carbocycles. The van der Waals surface area contributed by atoms with Gasteiger partial charge < -0.3 is 11.1 Å². The molecule has 1 aliphatic rings. The van der Waals surface area contributed by atoms with Gasteiger partial charge in [-0.05, 0) is 33.6 Å². The average Bonchev–Trinajstić information content (AvgIpc) is 2.52. The van der Waals surface area contributed by atoms with Crippen LogP contribution in [0.2, 0.25) is 0 Å². The molecular weight excluding hydrogens is 176 g/mol. The summed E-state index contributed by atoms with van der Waals surface area (Å²) in [5, 5.41) is 3.13. The maximum Gasteiger partial charge on any atom is 0.227 e. The molecule has 1 saturated carbocycles. The third-order valence-electron chi connectivity index (χ3n) is 3.25. The lowest BCUT2D eigenvalue weighted by Gasteiger charge is -2.31. The van der Waals surface area contributed by atoms with E-state index >= 15 is 0 Å². The van der Waals surface area contributed by atoms with Crippen LogP contribution < -0.4 is 11.1 Å². The molecule has 0 saturated heterocycles. The quantitative estimate of drug-likeness (QED) is 0.720. The van der Waals surface area contributed by atoms with Crippen molar-refractivity contribution in [2.45, 2.75) is 52.0 Å². The number of hydrogen-bond donors (Lipinski definition) is 2. The van der Waals surface area contributed by atoms with Crippen LogP contribution in [0.3, 0.4) is 0 Å². The van der Waals surface area contributed by atoms with Crippen LogP contribution in [-0.4, -0.2) is 18.0 Å². The molecule has 0 aromatic heterocycles. The Hall–Kier alpha value is -0.570. The molecule has 0 aliphatic heterocycles. The van der Waals surface area contributed by atoms with Gasteiger partial charge >= 0.3 is 0 Å². The number of amides is 1. The van der Waals surface area contributed by atoms with E-state index in [2.05, 4.69) is 12.2 Å². The van der Waals surface area contributed by atoms with Crippen molar-refractivity contribution in [2.24, 2.45) is 11.1 Å². The summed E-state index contributed by atoms with van der Waals surface area (Å²) in [4.78, 5) is 11.9. The number of nitrogens with one attached hydrogen (secondary N) is 1. The van der Waals surface area contributed by atoms with E-state index in [1.54, 1.807) is 0 Å². The molecule has 0 unspecified atom stereocenters. The minimum absolute atomic E-state index is 0.0174. The maximum absolute atomic E-state index is 11.9. The summed E-state index contributed by atoms with van der Waals surface area (Å²) in [7, 11) is 0. The molecule has 0 radical (unpaired) electrons. The summed E-state index contributed by atoms with van der Waals surface area (Å²) >= 11 is 0. The Bertz CT molecular complexity index is 217. The first-order chi connectivity index (χ1) is 6.40. The lowest BCUT2D eigenvalue weighted by molar-refractivity contribution is -0.130. The van der Waals surface area contributed by atoms with Gasteiger partial charge in [-0.15, -0.1) is 0 Å². The van der Waals surface area contributed by atoms with Crippen molar-refractivity contribution in [3.8, 4) is 0 Å². The van der Waals surface area contributed by atoms with Crippen LogP contribution in [0.4, 0.5) is 0 Å². The first-order valence-electron chi connectivity index (χ1n) is 5.42. The molecule has 0 aromatic rings. The second kappa shape index (κ2) is 3.89. The number of carbonyl (C=O) groups is 1. The van der Waals surface area contributed by atoms with Gasteiger partial charge in [0.25, 0.3) is 0 Å². The fraction of sp³-hybridized carbons (Fsp3) is 0.909. The molecule has 1 fully saturated rings. The van der Waals surface area contributed by atoms with E-state index in [1.807, 2.05) is 13.8 Å². The molecular formula is C11H22N2O. The molecule has 82 valence electrons. The molecule has 3 N–H and O–H groups in total. The summed E-state index contributed by atoms with van der Waals surface area (Å²) in [6, 6.07) is 0. The van der Waals surface area contributed by atoms with Crippen molar-refractivity contribution in [1.29, 1.82) is 0 Å². The Kier molecular flexibility index (Phi) is 3.20. The number of rotatable bonds is 3. The van der Waals surface area contributed by atoms with E-state index in [-0.39, 0.29) is 11.4 Å². The Balaban J connectivity index is 2.55. The maximum atomic E-state index is 11.9. The third kappa shape index (κ3) is 2.47. The smallest absolute Gasteiger partial charge is 0.227 e. The first kappa shape index (κ1) is 11.5. The lowest BCUT2D eigenvalue weighted by Crippen LogP contribution is -2.51. The molecule has 14 heavy (non-hydrogen) atoms. The molecule has 3 heteroatoms. The van der Waals surface area contributed by atoms with Crippen LogP contribution in [0, 0.1) is 5.41 Å². The van der Waals surface area contributed by atoms with Crippen molar-refractivity contribution in [1.82, 2.24) is 5.32 Å². The topological polar surface area (TPSA) is 55.1 Å². The molecule has 0 spiro atoms. The van der Waals surface area contributed by atoms with Gasteiger partial charge in [-0.2, -0.15) is 0 Å². The normalized spacial score (nSPS) is 20.9. The SMILES string of the molecule is CC1(NC(=O)C(C)(C)CN)CCCC1. The van der Waals surface area contributed by atoms with Gasteiger partial charge in [0.2, 0.25) is 5.91 Å². The summed E-state index contributed by atoms with van der Waals surface area (Å²) < 4.78 is 0. The zero-order chi connectivity index (χ0) is 10.8. The number of hydrogen-bond acceptors (Lipinski definition) is 2. The van der Waals surface area contributed by atoms with E-state index in [9.17, 15) is 4.79 Å². The molecule has 0 heterocycles. The molecule has 3 nitrogen and oxygen atoms in total. The zero-order valence-corrected chi connectivity index (χ0v) is 9.52. The van der Waals surface area contributed by atoms with Crippen LogP contribution in [0.15, 0.2) is 0 Å². The minimum atomic E-state index is -0.439. The summed E-state index contributed by atoms with van der Waals surface area (Å²) in [6.45, 7) is 6.31. The average molecular weight is 198 g/mol. The second-order valence-electron chi connectivity index (χ2n) is 5.31. The van der Waals surface area contributed by atoms with Crippen molar-refractivity contribution in [3.63, 3.8) is 0 Å². The molecule has 1 amide bonds. The fourth-order valence-corrected chi connectivity index (χ4v) is 1.82. The minimum Gasteiger partial charge on any atom is -0.350 e. The van der Waals surface area contributed by atoms with Gasteiger partial charge in [-0.1, -0.05) is 12.8 Å². The van der Waals surface area contributed by atoms with E-state index in [4.69, 9.17) is 5.73 Å². The third-order valence-corrected chi connectivity index (χ3v) is 3.25. The predicted octanol–water partition coefficient (Wildman–Crippen LogP) is 1.42. The van der Waals surface area contributed by atoms with Crippen LogP contribution in [0.1, 0.15) is 46.5 Å². The fourth-order valence-electron chi connectivity index (χ4n) is 1.82. The van der Waals surface area contributed by atoms with Crippen molar-refractivity contribution < 1.29 is 4.79 Å². The van der Waals surface area contributed by atoms with Crippen LogP contribution in [0.25, 0.3) is 0 Å². The highest BCUT2D eigenvalue weighted by molar-refractivity contribution is 5.82. The largest absolute Gasteiger partial charge is 0.350 e. The highest BCUT2D eigenvalue weighted by atomic mass is 16.2. The monoisotopic (exact) mass is 198 g/mol. The highest BCUT2D eigenvalue weighted by Gasteiger charge is 2.35. The predicted molar refractivity (Wildman–Crippen MR) is 57.9 cm³/mol. The van der Waals surface area contributed by atoms with Gasteiger partial charge in [-0.3, -0.25) is 4.79 Å². The van der Waals surface area contributed by atoms with Gasteiger partial charge in [0.15, 0.2) is 0 Å². The summed E-state index contributed by atoms with van der Waals surface area (Å²) in [5.41, 5.74) is 5.14. The van der Waals surface area contributed by atoms with Gasteiger partial charge in [-0.25, -0.2) is 0 Å². The highest BCUT2D eigenvalue weighted by Crippen LogP contribution is 2.30. The van der Waals surface area contributed by atoms with E-state index in [1.165, 1.54) is 12.8 Å².